The van der Waals surface area contributed by atoms with Gasteiger partial charge < -0.3 is 9.15 Å². The molecule has 7 nitrogen and oxygen atoms in total. The van der Waals surface area contributed by atoms with Gasteiger partial charge in [-0.2, -0.15) is 0 Å². The van der Waals surface area contributed by atoms with Gasteiger partial charge in [0.1, 0.15) is 15.5 Å². The summed E-state index contributed by atoms with van der Waals surface area (Å²) in [6, 6.07) is 3.66. The topological polar surface area (TPSA) is 94.3 Å². The van der Waals surface area contributed by atoms with E-state index < -0.39 is 5.97 Å². The fourth-order valence-corrected chi connectivity index (χ4v) is 3.60. The molecule has 0 atom stereocenters. The van der Waals surface area contributed by atoms with Crippen LogP contribution in [0.25, 0.3) is 10.8 Å². The van der Waals surface area contributed by atoms with Gasteiger partial charge in [0.05, 0.1) is 19.0 Å². The number of nitrogens with zero attached hydrogens (tertiary/aromatic N) is 2. The normalized spacial score (nSPS) is 10.6. The standard InChI is InChI=1S/C15H13N3O4S2/c1-7-4-5-9(22-7)13-17-8(2)11(24-13)12(19)18-15-16-6-10(23-15)14(20)21-3/h4-6H,1-3H3,(H,16,18,19). The number of hydrogen-bond acceptors (Lipinski definition) is 8. The van der Waals surface area contributed by atoms with E-state index in [9.17, 15) is 9.59 Å². The summed E-state index contributed by atoms with van der Waals surface area (Å²) < 4.78 is 10.1. The molecule has 24 heavy (non-hydrogen) atoms. The number of rotatable bonds is 4. The van der Waals surface area contributed by atoms with Crippen molar-refractivity contribution in [1.82, 2.24) is 9.97 Å². The summed E-state index contributed by atoms with van der Waals surface area (Å²) in [4.78, 5) is 33.0. The minimum Gasteiger partial charge on any atom is -0.465 e. The molecule has 0 aromatic carbocycles. The lowest BCUT2D eigenvalue weighted by Crippen LogP contribution is -2.11. The number of aromatic nitrogens is 2. The summed E-state index contributed by atoms with van der Waals surface area (Å²) >= 11 is 2.29. The summed E-state index contributed by atoms with van der Waals surface area (Å²) in [6.07, 6.45) is 1.36. The highest BCUT2D eigenvalue weighted by molar-refractivity contribution is 7.18. The van der Waals surface area contributed by atoms with Crippen molar-refractivity contribution < 1.29 is 18.7 Å². The summed E-state index contributed by atoms with van der Waals surface area (Å²) in [5, 5.41) is 3.63. The number of aryl methyl sites for hydroxylation is 2. The Kier molecular flexibility index (Phi) is 4.45. The van der Waals surface area contributed by atoms with Crippen molar-refractivity contribution in [2.45, 2.75) is 13.8 Å². The molecule has 1 N–H and O–H groups in total. The van der Waals surface area contributed by atoms with Gasteiger partial charge in [-0.25, -0.2) is 14.8 Å². The number of anilines is 1. The third-order valence-corrected chi connectivity index (χ3v) is 5.13. The van der Waals surface area contributed by atoms with E-state index in [-0.39, 0.29) is 5.91 Å². The first-order valence-corrected chi connectivity index (χ1v) is 8.51. The second-order valence-electron chi connectivity index (χ2n) is 4.82. The number of carbonyl (C=O) groups excluding carboxylic acids is 2. The number of methoxy groups -OCH3 is 1. The summed E-state index contributed by atoms with van der Waals surface area (Å²) in [5.41, 5.74) is 0.603. The van der Waals surface area contributed by atoms with Crippen molar-refractivity contribution in [1.29, 1.82) is 0 Å². The fourth-order valence-electron chi connectivity index (χ4n) is 1.94. The minimum absolute atomic E-state index is 0.320. The number of thiazole rings is 2. The van der Waals surface area contributed by atoms with Crippen molar-refractivity contribution in [3.63, 3.8) is 0 Å². The highest BCUT2D eigenvalue weighted by atomic mass is 32.1. The Labute approximate surface area is 145 Å². The lowest BCUT2D eigenvalue weighted by molar-refractivity contribution is 0.0606. The smallest absolute Gasteiger partial charge is 0.349 e. The van der Waals surface area contributed by atoms with Crippen LogP contribution in [0.2, 0.25) is 0 Å². The Morgan fingerprint density at radius 2 is 2.04 bits per heavy atom. The zero-order chi connectivity index (χ0) is 17.3. The van der Waals surface area contributed by atoms with Gasteiger partial charge in [0.15, 0.2) is 15.9 Å². The lowest BCUT2D eigenvalue weighted by atomic mass is 10.4. The molecule has 3 aromatic heterocycles. The molecule has 0 aliphatic carbocycles. The molecule has 0 unspecified atom stereocenters. The minimum atomic E-state index is -0.488. The molecule has 3 heterocycles. The van der Waals surface area contributed by atoms with Crippen LogP contribution in [0.1, 0.15) is 30.8 Å². The number of esters is 1. The number of furan rings is 1. The van der Waals surface area contributed by atoms with Crippen LogP contribution >= 0.6 is 22.7 Å². The van der Waals surface area contributed by atoms with E-state index in [4.69, 9.17) is 4.42 Å². The first-order valence-electron chi connectivity index (χ1n) is 6.87. The summed E-state index contributed by atoms with van der Waals surface area (Å²) in [6.45, 7) is 3.60. The number of nitrogens with one attached hydrogen (secondary N) is 1. The van der Waals surface area contributed by atoms with E-state index in [1.807, 2.05) is 19.1 Å². The first kappa shape index (κ1) is 16.3. The molecule has 0 saturated carbocycles. The van der Waals surface area contributed by atoms with Gasteiger partial charge in [-0.05, 0) is 26.0 Å². The average Bonchev–Trinajstić information content (AvgIpc) is 3.26. The Bertz CT molecular complexity index is 910. The second kappa shape index (κ2) is 6.54. The zero-order valence-corrected chi connectivity index (χ0v) is 14.7. The average molecular weight is 363 g/mol. The van der Waals surface area contributed by atoms with Gasteiger partial charge in [0.25, 0.3) is 5.91 Å². The predicted molar refractivity (Wildman–Crippen MR) is 90.7 cm³/mol. The van der Waals surface area contributed by atoms with Crippen LogP contribution in [-0.4, -0.2) is 29.0 Å². The largest absolute Gasteiger partial charge is 0.465 e. The predicted octanol–water partition coefficient (Wildman–Crippen LogP) is 3.52. The molecule has 124 valence electrons. The van der Waals surface area contributed by atoms with Gasteiger partial charge in [-0.15, -0.1) is 11.3 Å². The van der Waals surface area contributed by atoms with Crippen LogP contribution in [0.15, 0.2) is 22.7 Å². The van der Waals surface area contributed by atoms with E-state index >= 15 is 0 Å². The van der Waals surface area contributed by atoms with Crippen molar-refractivity contribution in [3.8, 4) is 10.8 Å². The molecular weight excluding hydrogens is 350 g/mol. The van der Waals surface area contributed by atoms with Crippen molar-refractivity contribution in [2.24, 2.45) is 0 Å². The monoisotopic (exact) mass is 363 g/mol. The molecule has 9 heteroatoms. The first-order chi connectivity index (χ1) is 11.5. The Morgan fingerprint density at radius 1 is 1.25 bits per heavy atom. The fraction of sp³-hybridized carbons (Fsp3) is 0.200. The molecule has 0 radical (unpaired) electrons. The van der Waals surface area contributed by atoms with Gasteiger partial charge in [0, 0.05) is 0 Å². The quantitative estimate of drug-likeness (QED) is 0.713. The van der Waals surface area contributed by atoms with Crippen LogP contribution in [0.4, 0.5) is 5.13 Å². The van der Waals surface area contributed by atoms with Crippen molar-refractivity contribution in [2.75, 3.05) is 12.4 Å². The van der Waals surface area contributed by atoms with E-state index in [0.717, 1.165) is 17.1 Å². The molecule has 1 amide bonds. The molecule has 0 aliphatic heterocycles. The van der Waals surface area contributed by atoms with E-state index in [1.165, 1.54) is 24.6 Å². The maximum absolute atomic E-state index is 12.4. The van der Waals surface area contributed by atoms with Crippen LogP contribution in [0.3, 0.4) is 0 Å². The molecule has 3 aromatic rings. The number of amides is 1. The Morgan fingerprint density at radius 3 is 2.71 bits per heavy atom. The third kappa shape index (κ3) is 3.22. The number of hydrogen-bond donors (Lipinski definition) is 1. The molecule has 0 saturated heterocycles. The van der Waals surface area contributed by atoms with Crippen LogP contribution in [-0.2, 0) is 4.74 Å². The van der Waals surface area contributed by atoms with Gasteiger partial charge in [-0.3, -0.25) is 10.1 Å². The third-order valence-electron chi connectivity index (χ3n) is 3.07. The molecule has 3 rings (SSSR count). The van der Waals surface area contributed by atoms with Crippen molar-refractivity contribution >= 4 is 39.7 Å². The Balaban J connectivity index is 1.79. The molecule has 0 aliphatic rings. The molecule has 0 bridgehead atoms. The zero-order valence-electron chi connectivity index (χ0n) is 13.1. The van der Waals surface area contributed by atoms with Crippen LogP contribution in [0, 0.1) is 13.8 Å². The molecular formula is C15H13N3O4S2. The SMILES string of the molecule is COC(=O)c1cnc(NC(=O)c2sc(-c3ccc(C)o3)nc2C)s1. The van der Waals surface area contributed by atoms with Gasteiger partial charge in [-0.1, -0.05) is 11.3 Å². The van der Waals surface area contributed by atoms with E-state index in [0.29, 0.717) is 31.3 Å². The van der Waals surface area contributed by atoms with Crippen LogP contribution < -0.4 is 5.32 Å². The van der Waals surface area contributed by atoms with E-state index in [2.05, 4.69) is 20.0 Å². The Hall–Kier alpha value is -2.52. The maximum Gasteiger partial charge on any atom is 0.349 e. The van der Waals surface area contributed by atoms with Gasteiger partial charge in [0.2, 0.25) is 0 Å². The van der Waals surface area contributed by atoms with E-state index in [1.54, 1.807) is 6.92 Å². The second-order valence-corrected chi connectivity index (χ2v) is 6.85. The summed E-state index contributed by atoms with van der Waals surface area (Å²) in [5.74, 6) is 0.589. The van der Waals surface area contributed by atoms with Gasteiger partial charge >= 0.3 is 5.97 Å². The van der Waals surface area contributed by atoms with Crippen LogP contribution in [0.5, 0.6) is 0 Å². The summed E-state index contributed by atoms with van der Waals surface area (Å²) in [7, 11) is 1.29. The molecule has 0 spiro atoms. The number of carbonyl (C=O) groups is 2. The lowest BCUT2D eigenvalue weighted by Gasteiger charge is -1.98. The van der Waals surface area contributed by atoms with Crippen molar-refractivity contribution in [3.05, 3.63) is 39.5 Å². The molecule has 0 fully saturated rings. The highest BCUT2D eigenvalue weighted by Gasteiger charge is 2.19. The maximum atomic E-state index is 12.4. The highest BCUT2D eigenvalue weighted by Crippen LogP contribution is 2.30. The number of ether oxygens (including phenoxy) is 1.